The molecule has 0 bridgehead atoms. The standard InChI is InChI=1S/C29H44O12.C9H11F2N3O4/c1-13-22(34)23(35)24(36)25(40-13)41-15-8-20(33)28(12-30)21-17(3-5-27(28,37)9-15)29(38)6-4-16(19-7-14(31)11-39-19)26(29,2)10-18(21)32;10-9(11)6(16)4(3-15)18-7(9)14-2-1-5(12)13-8(14)17/h7,13,15-18,20-25,30,32-38H,3-6,8-12H2,1-2H3;1-2,4,6-7,15-16H,3H2,(H2,12,13,17)/t13-,15-,16+,17+,18+,20+,21+,22-,23+,24+,25+,26+,27-,28+,29-;4-,6-,7-/m01/s1. The molecule has 18 atom stereocenters. The molecule has 6 fully saturated rings. The van der Waals surface area contributed by atoms with E-state index in [9.17, 15) is 64.3 Å². The van der Waals surface area contributed by atoms with Gasteiger partial charge >= 0.3 is 11.6 Å². The van der Waals surface area contributed by atoms with Crippen LogP contribution in [0.3, 0.4) is 0 Å². The Hall–Kier alpha value is -2.77. The van der Waals surface area contributed by atoms with Gasteiger partial charge in [-0.1, -0.05) is 6.92 Å². The normalized spacial score (nSPS) is 48.8. The molecule has 2 saturated heterocycles. The summed E-state index contributed by atoms with van der Waals surface area (Å²) < 4.78 is 49.9. The average molecular weight is 848 g/mol. The molecule has 0 unspecified atom stereocenters. The van der Waals surface area contributed by atoms with Crippen LogP contribution in [0.5, 0.6) is 0 Å². The molecule has 4 heterocycles. The third kappa shape index (κ3) is 6.75. The lowest BCUT2D eigenvalue weighted by Gasteiger charge is -2.68. The van der Waals surface area contributed by atoms with E-state index in [1.807, 2.05) is 6.92 Å². The molecular formula is C38H55F2N3O16. The van der Waals surface area contributed by atoms with E-state index in [2.05, 4.69) is 4.98 Å². The first-order chi connectivity index (χ1) is 27.6. The Bertz CT molecular complexity index is 1840. The zero-order valence-electron chi connectivity index (χ0n) is 32.5. The van der Waals surface area contributed by atoms with Crippen LogP contribution >= 0.6 is 0 Å². The van der Waals surface area contributed by atoms with Gasteiger partial charge in [-0.25, -0.2) is 4.79 Å². The minimum Gasteiger partial charge on any atom is -0.489 e. The second-order valence-electron chi connectivity index (χ2n) is 17.7. The SMILES string of the molecule is C[C@@H]1O[C@H](O[C@H]2C[C@@H](O)[C@]3(CO)[C@H]4[C@H](O)C[C@]5(C)[C@@H](C6=CC(=O)CO6)CC[C@]5(O)[C@@H]4CC[C@]3(O)C2)[C@H](O)[C@H](O)[C@H]1O.Nc1ccn([C@@H]2O[C@H](CO)[C@@H](O)C2(F)F)c(=O)n1. The number of aromatic nitrogens is 2. The summed E-state index contributed by atoms with van der Waals surface area (Å²) in [7, 11) is 0. The molecule has 332 valence electrons. The number of nitrogen functional groups attached to an aromatic ring is 1. The number of ketones is 1. The topological polar surface area (TPSA) is 317 Å². The Morgan fingerprint density at radius 1 is 1.00 bits per heavy atom. The van der Waals surface area contributed by atoms with Gasteiger partial charge in [0.1, 0.15) is 36.0 Å². The number of carbonyl (C=O) groups excluding carboxylic acids is 1. The smallest absolute Gasteiger partial charge is 0.351 e. The quantitative estimate of drug-likeness (QED) is 0.129. The molecule has 1 aromatic heterocycles. The van der Waals surface area contributed by atoms with Crippen LogP contribution in [-0.2, 0) is 23.7 Å². The van der Waals surface area contributed by atoms with E-state index >= 15 is 0 Å². The molecule has 0 spiro atoms. The summed E-state index contributed by atoms with van der Waals surface area (Å²) in [5, 5.41) is 108. The molecule has 1 aromatic rings. The summed E-state index contributed by atoms with van der Waals surface area (Å²) in [4.78, 5) is 26.6. The van der Waals surface area contributed by atoms with E-state index in [1.165, 1.54) is 13.0 Å². The van der Waals surface area contributed by atoms with E-state index < -0.39 is 126 Å². The van der Waals surface area contributed by atoms with Crippen LogP contribution in [0.4, 0.5) is 14.6 Å². The summed E-state index contributed by atoms with van der Waals surface area (Å²) in [6.45, 7) is 1.99. The number of rotatable bonds is 6. The number of halogens is 2. The van der Waals surface area contributed by atoms with Crippen LogP contribution in [0.25, 0.3) is 0 Å². The van der Waals surface area contributed by atoms with Crippen molar-refractivity contribution in [3.8, 4) is 0 Å². The highest BCUT2D eigenvalue weighted by atomic mass is 19.3. The van der Waals surface area contributed by atoms with Gasteiger partial charge in [-0.2, -0.15) is 13.8 Å². The second-order valence-corrected chi connectivity index (χ2v) is 17.7. The highest BCUT2D eigenvalue weighted by Gasteiger charge is 2.75. The van der Waals surface area contributed by atoms with Crippen LogP contribution in [0.2, 0.25) is 0 Å². The van der Waals surface area contributed by atoms with Gasteiger partial charge in [0.25, 0.3) is 0 Å². The van der Waals surface area contributed by atoms with Gasteiger partial charge < -0.3 is 75.7 Å². The van der Waals surface area contributed by atoms with E-state index in [0.717, 1.165) is 12.3 Å². The molecule has 7 aliphatic rings. The van der Waals surface area contributed by atoms with Gasteiger partial charge in [-0.3, -0.25) is 9.36 Å². The van der Waals surface area contributed by atoms with Crippen molar-refractivity contribution in [2.45, 2.75) is 143 Å². The first kappa shape index (κ1) is 44.3. The molecular weight excluding hydrogens is 792 g/mol. The molecule has 59 heavy (non-hydrogen) atoms. The minimum atomic E-state index is -3.71. The Balaban J connectivity index is 0.000000245. The zero-order valence-corrected chi connectivity index (χ0v) is 32.5. The van der Waals surface area contributed by atoms with Crippen molar-refractivity contribution < 1.29 is 83.6 Å². The van der Waals surface area contributed by atoms with Crippen molar-refractivity contribution in [2.75, 3.05) is 25.6 Å². The van der Waals surface area contributed by atoms with E-state index in [4.69, 9.17) is 29.8 Å². The number of nitrogens with zero attached hydrogens (tertiary/aromatic N) is 2. The van der Waals surface area contributed by atoms with Crippen molar-refractivity contribution >= 4 is 11.6 Å². The predicted octanol–water partition coefficient (Wildman–Crippen LogP) is -2.80. The van der Waals surface area contributed by atoms with Gasteiger partial charge in [-0.05, 0) is 51.0 Å². The molecule has 21 heteroatoms. The maximum atomic E-state index is 13.7. The summed E-state index contributed by atoms with van der Waals surface area (Å²) in [6.07, 6.45) is -11.5. The maximum absolute atomic E-state index is 13.7. The lowest BCUT2D eigenvalue weighted by Crippen LogP contribution is -2.76. The fourth-order valence-corrected chi connectivity index (χ4v) is 11.7. The van der Waals surface area contributed by atoms with Crippen LogP contribution in [0.1, 0.15) is 65.0 Å². The number of nitrogens with two attached hydrogens (primary N) is 1. The van der Waals surface area contributed by atoms with Crippen LogP contribution < -0.4 is 11.4 Å². The first-order valence-electron chi connectivity index (χ1n) is 19.9. The Labute approximate surface area is 336 Å². The number of allylic oxidation sites excluding steroid dienone is 1. The second kappa shape index (κ2) is 15.5. The van der Waals surface area contributed by atoms with Crippen molar-refractivity contribution in [3.05, 3.63) is 34.6 Å². The van der Waals surface area contributed by atoms with Gasteiger partial charge in [-0.15, -0.1) is 0 Å². The Kier molecular flexibility index (Phi) is 11.7. The third-order valence-corrected chi connectivity index (χ3v) is 14.7. The highest BCUT2D eigenvalue weighted by Crippen LogP contribution is 2.70. The number of alkyl halides is 2. The molecule has 0 aromatic carbocycles. The van der Waals surface area contributed by atoms with Gasteiger partial charge in [0, 0.05) is 42.4 Å². The number of ether oxygens (including phenoxy) is 4. The average Bonchev–Trinajstić information content (AvgIpc) is 3.79. The van der Waals surface area contributed by atoms with Gasteiger partial charge in [0.05, 0.1) is 54.2 Å². The van der Waals surface area contributed by atoms with Crippen molar-refractivity contribution in [2.24, 2.45) is 28.6 Å². The Morgan fingerprint density at radius 2 is 1.71 bits per heavy atom. The minimum absolute atomic E-state index is 0.0353. The predicted molar refractivity (Wildman–Crippen MR) is 193 cm³/mol. The fraction of sp³-hybridized carbons (Fsp3) is 0.816. The molecule has 4 saturated carbocycles. The molecule has 4 aliphatic carbocycles. The molecule has 3 aliphatic heterocycles. The largest absolute Gasteiger partial charge is 0.489 e. The summed E-state index contributed by atoms with van der Waals surface area (Å²) in [6, 6.07) is 1.15. The molecule has 0 radical (unpaired) electrons. The Morgan fingerprint density at radius 3 is 2.32 bits per heavy atom. The summed E-state index contributed by atoms with van der Waals surface area (Å²) >= 11 is 0. The number of hydrogen-bond donors (Lipinski definition) is 11. The lowest BCUT2D eigenvalue weighted by atomic mass is 9.40. The van der Waals surface area contributed by atoms with E-state index in [1.54, 1.807) is 0 Å². The highest BCUT2D eigenvalue weighted by molar-refractivity contribution is 5.93. The third-order valence-electron chi connectivity index (χ3n) is 14.7. The van der Waals surface area contributed by atoms with Crippen molar-refractivity contribution in [3.63, 3.8) is 0 Å². The molecule has 0 amide bonds. The number of hydrogen-bond acceptors (Lipinski definition) is 18. The monoisotopic (exact) mass is 847 g/mol. The number of fused-ring (bicyclic) bond motifs is 5. The number of aliphatic hydroxyl groups excluding tert-OH is 8. The molecule has 8 rings (SSSR count). The first-order valence-corrected chi connectivity index (χ1v) is 19.9. The van der Waals surface area contributed by atoms with E-state index in [-0.39, 0.29) is 49.8 Å². The lowest BCUT2D eigenvalue weighted by molar-refractivity contribution is -0.342. The van der Waals surface area contributed by atoms with Gasteiger partial charge in [0.15, 0.2) is 24.8 Å². The summed E-state index contributed by atoms with van der Waals surface area (Å²) in [5.74, 6) is -5.07. The van der Waals surface area contributed by atoms with Crippen molar-refractivity contribution in [1.82, 2.24) is 9.55 Å². The molecule has 19 nitrogen and oxygen atoms in total. The van der Waals surface area contributed by atoms with Crippen LogP contribution in [0.15, 0.2) is 28.9 Å². The summed E-state index contributed by atoms with van der Waals surface area (Å²) in [5.41, 5.74) is -1.14. The van der Waals surface area contributed by atoms with Crippen LogP contribution in [-0.4, -0.2) is 165 Å². The van der Waals surface area contributed by atoms with Gasteiger partial charge in [0.2, 0.25) is 6.23 Å². The van der Waals surface area contributed by atoms with E-state index in [0.29, 0.717) is 29.6 Å². The fourth-order valence-electron chi connectivity index (χ4n) is 11.7. The molecule has 12 N–H and O–H groups in total. The zero-order chi connectivity index (χ0) is 43.2. The van der Waals surface area contributed by atoms with Crippen molar-refractivity contribution in [1.29, 1.82) is 0 Å². The number of anilines is 1. The maximum Gasteiger partial charge on any atom is 0.351 e. The number of carbonyl (C=O) groups is 1. The van der Waals surface area contributed by atoms with Crippen LogP contribution in [0, 0.1) is 28.6 Å². The number of aliphatic hydroxyl groups is 10.